The molecule has 18 nitrogen and oxygen atoms in total. The van der Waals surface area contributed by atoms with Crippen LogP contribution in [0.4, 0.5) is 13.2 Å². The molecule has 3 aromatic carbocycles. The number of esters is 4. The number of ether oxygens (including phenoxy) is 7. The summed E-state index contributed by atoms with van der Waals surface area (Å²) >= 11 is 0. The first-order valence-electron chi connectivity index (χ1n) is 31.4. The van der Waals surface area contributed by atoms with Crippen LogP contribution in [-0.4, -0.2) is 134 Å². The number of halogens is 3. The Morgan fingerprint density at radius 1 is 0.674 bits per heavy atom. The molecule has 0 aromatic heterocycles. The smallest absolute Gasteiger partial charge is 0.462 e. The van der Waals surface area contributed by atoms with Gasteiger partial charge in [0.15, 0.2) is 0 Å². The predicted octanol–water partition coefficient (Wildman–Crippen LogP) is 11.9. The van der Waals surface area contributed by atoms with Gasteiger partial charge in [-0.15, -0.1) is 0 Å². The summed E-state index contributed by atoms with van der Waals surface area (Å²) in [6.07, 6.45) is 2.73. The molecule has 0 spiro atoms. The average Bonchev–Trinajstić information content (AvgIpc) is 0.867. The van der Waals surface area contributed by atoms with Crippen LogP contribution in [0.2, 0.25) is 38.3 Å². The second-order valence-corrected chi connectivity index (χ2v) is 36.4. The van der Waals surface area contributed by atoms with Crippen molar-refractivity contribution in [3.63, 3.8) is 0 Å². The Hall–Kier alpha value is -5.61. The van der Waals surface area contributed by atoms with Crippen LogP contribution in [0.25, 0.3) is 0 Å². The Bertz CT molecular complexity index is 2790. The molecular weight excluding hydrogens is 1250 g/mol. The molecule has 3 aromatic rings. The zero-order valence-electron chi connectivity index (χ0n) is 57.5. The monoisotopic (exact) mass is 1350 g/mol. The van der Waals surface area contributed by atoms with E-state index in [1.807, 2.05) is 121 Å². The van der Waals surface area contributed by atoms with Crippen molar-refractivity contribution in [2.24, 2.45) is 47.3 Å². The molecule has 0 bridgehead atoms. The number of alkyl halides is 3. The zero-order valence-corrected chi connectivity index (χ0v) is 60.3. The molecule has 1 aliphatic rings. The first-order valence-corrected chi connectivity index (χ1v) is 39.3. The lowest BCUT2D eigenvalue weighted by molar-refractivity contribution is -0.178. The van der Waals surface area contributed by atoms with Gasteiger partial charge in [0.25, 0.3) is 0 Å². The number of carbonyl (C=O) groups is 6. The Balaban J connectivity index is 0.000000676. The normalized spacial score (nSPS) is 19.6. The number of rotatable bonds is 30. The summed E-state index contributed by atoms with van der Waals surface area (Å²) in [4.78, 5) is 70.8. The number of amides is 1. The Kier molecular flexibility index (Phi) is 37.9. The van der Waals surface area contributed by atoms with Crippen LogP contribution in [0, 0.1) is 47.3 Å². The van der Waals surface area contributed by atoms with Gasteiger partial charge in [-0.05, 0) is 43.2 Å². The Morgan fingerprint density at radius 3 is 1.43 bits per heavy atom. The number of hydrogen-bond donors (Lipinski definition) is 2. The number of aliphatic hydroxyl groups excluding tert-OH is 1. The third-order valence-corrected chi connectivity index (χ3v) is 23.3. The molecule has 4 rings (SSSR count). The van der Waals surface area contributed by atoms with Crippen molar-refractivity contribution < 1.29 is 92.5 Å². The fourth-order valence-corrected chi connectivity index (χ4v) is 16.6. The third kappa shape index (κ3) is 30.2. The average molecular weight is 1350 g/mol. The van der Waals surface area contributed by atoms with E-state index in [2.05, 4.69) is 66.5 Å². The molecule has 92 heavy (non-hydrogen) atoms. The maximum absolute atomic E-state index is 12.2. The van der Waals surface area contributed by atoms with Gasteiger partial charge >= 0.3 is 39.5 Å². The Morgan fingerprint density at radius 2 is 1.08 bits per heavy atom. The molecular formula is C68H106F3NO17SSi2. The summed E-state index contributed by atoms with van der Waals surface area (Å²) in [6, 6.07) is 30.1. The number of allylic oxidation sites excluding steroid dienone is 1. The standard InChI is InChI=1S/C30H47NO7.C21H30O6.C13H20OSi.C4H9F3O3SSi/c1-9-26(34)31-27-18(2)16-36-29(20(27)4)22(6)30(38-24(8)33)21(5)28(37-23(7)32)19(3)15-35-17-25-13-11-10-12-14-25;1-14(11-22)20(26-17(4)23)16(3)21(27-18(5)24)15(2)12-25-13-19-9-7-6-8-10-19;1-4-8-13(11-14)15(2,3)12-9-6-5-7-10-12;1-12(2,3)10-11(8,9)4(5,6)7/h10-14,18-22,27-30H,9,15-17H2,1-8H3,(H,31,34);6-11,14-16,20-21H,12-13H2,1-5H3;4-10,13-14H,11H2,1-3H3;1-3H3/b;;8-4-;/t18-,19-,20+,21+,22-,27+,28+,29-,30+;14-,15-,16-,20-,21+;13-;/m110./s1. The molecule has 1 aliphatic heterocycles. The highest BCUT2D eigenvalue weighted by Crippen LogP contribution is 2.37. The lowest BCUT2D eigenvalue weighted by atomic mass is 9.74. The van der Waals surface area contributed by atoms with Gasteiger partial charge in [0.2, 0.25) is 14.2 Å². The highest BCUT2D eigenvalue weighted by atomic mass is 32.2. The minimum atomic E-state index is -5.39. The van der Waals surface area contributed by atoms with Crippen LogP contribution in [-0.2, 0) is 89.1 Å². The number of carbonyl (C=O) groups excluding carboxylic acids is 6. The Labute approximate surface area is 548 Å². The molecule has 1 fully saturated rings. The van der Waals surface area contributed by atoms with Crippen molar-refractivity contribution in [3.8, 4) is 0 Å². The fraction of sp³-hybridized carbons (Fsp3) is 0.618. The summed E-state index contributed by atoms with van der Waals surface area (Å²) in [5.41, 5.74) is -2.89. The van der Waals surface area contributed by atoms with E-state index in [1.54, 1.807) is 6.92 Å². The van der Waals surface area contributed by atoms with E-state index in [9.17, 15) is 55.5 Å². The van der Waals surface area contributed by atoms with Crippen molar-refractivity contribution in [3.05, 3.63) is 114 Å². The highest BCUT2D eigenvalue weighted by Gasteiger charge is 2.50. The topological polar surface area (TPSA) is 243 Å². The summed E-state index contributed by atoms with van der Waals surface area (Å²) < 4.78 is 100. The maximum atomic E-state index is 12.2. The molecule has 0 radical (unpaired) electrons. The maximum Gasteiger partial charge on any atom is 0.522 e. The number of aliphatic hydroxyl groups is 1. The number of hydrogen-bond acceptors (Lipinski definition) is 17. The minimum absolute atomic E-state index is 0.00570. The third-order valence-electron chi connectivity index (χ3n) is 15.8. The van der Waals surface area contributed by atoms with E-state index < -0.39 is 86.2 Å². The molecule has 1 amide bonds. The molecule has 0 saturated carbocycles. The number of benzene rings is 3. The summed E-state index contributed by atoms with van der Waals surface area (Å²) in [5, 5.41) is 14.0. The molecule has 1 heterocycles. The minimum Gasteiger partial charge on any atom is -0.462 e. The number of nitrogens with one attached hydrogen (secondary N) is 1. The van der Waals surface area contributed by atoms with Crippen molar-refractivity contribution in [1.82, 2.24) is 5.32 Å². The molecule has 24 heteroatoms. The van der Waals surface area contributed by atoms with E-state index >= 15 is 0 Å². The zero-order chi connectivity index (χ0) is 70.3. The molecule has 0 aliphatic carbocycles. The van der Waals surface area contributed by atoms with Crippen molar-refractivity contribution in [2.45, 2.75) is 197 Å². The highest BCUT2D eigenvalue weighted by molar-refractivity contribution is 7.88. The van der Waals surface area contributed by atoms with Gasteiger partial charge in [0, 0.05) is 94.1 Å². The molecule has 2 N–H and O–H groups in total. The van der Waals surface area contributed by atoms with E-state index in [1.165, 1.54) is 52.5 Å². The van der Waals surface area contributed by atoms with Crippen molar-refractivity contribution >= 4 is 67.8 Å². The van der Waals surface area contributed by atoms with E-state index in [0.717, 1.165) is 17.4 Å². The molecule has 15 atom stereocenters. The van der Waals surface area contributed by atoms with E-state index in [4.69, 9.17) is 33.2 Å². The first-order chi connectivity index (χ1) is 42.8. The summed E-state index contributed by atoms with van der Waals surface area (Å²) in [6.45, 7) is 35.8. The van der Waals surface area contributed by atoms with Gasteiger partial charge in [0.05, 0.1) is 47.2 Å². The predicted molar refractivity (Wildman–Crippen MR) is 354 cm³/mol. The fourth-order valence-electron chi connectivity index (χ4n) is 11.0. The van der Waals surface area contributed by atoms with Gasteiger partial charge in [-0.2, -0.15) is 21.6 Å². The second kappa shape index (κ2) is 41.3. The number of aldehydes is 1. The largest absolute Gasteiger partial charge is 0.522 e. The summed E-state index contributed by atoms with van der Waals surface area (Å²) in [5.74, 6) is -3.28. The lowest BCUT2D eigenvalue weighted by Crippen LogP contribution is -2.57. The SMILES string of the molecule is C/C=C\[C@@H](CO)[Si](C)(C)c1ccccc1.CC(=O)O[C@H]([C@H](C)[C@H](OC(C)=O)[C@H](C)C=O)[C@H](C)COCc1ccccc1.CCC(=O)N[C@@H]1[C@H](C)[C@H]([C@@H](C)[C@@H](OC(C)=O)[C@@H](C)[C@@H](OC(C)=O)[C@H](C)COCc2ccccc2)OC[C@H]1C.C[Si](C)(C)OS(=O)(=O)C(F)(F)F. The molecule has 520 valence electrons. The van der Waals surface area contributed by atoms with E-state index in [-0.39, 0.29) is 66.1 Å². The quantitative estimate of drug-likeness (QED) is 0.0157. The van der Waals surface area contributed by atoms with Crippen LogP contribution in [0.3, 0.4) is 0 Å². The van der Waals surface area contributed by atoms with Gasteiger partial charge in [0.1, 0.15) is 30.7 Å². The molecule has 1 saturated heterocycles. The van der Waals surface area contributed by atoms with Gasteiger partial charge in [-0.25, -0.2) is 0 Å². The van der Waals surface area contributed by atoms with Gasteiger partial charge in [-0.3, -0.25) is 24.0 Å². The summed E-state index contributed by atoms with van der Waals surface area (Å²) in [7, 11) is -9.67. The molecule has 0 unspecified atom stereocenters. The van der Waals surface area contributed by atoms with Crippen LogP contribution >= 0.6 is 0 Å². The van der Waals surface area contributed by atoms with Crippen molar-refractivity contribution in [2.75, 3.05) is 26.4 Å². The van der Waals surface area contributed by atoms with Crippen LogP contribution in [0.5, 0.6) is 0 Å². The van der Waals surface area contributed by atoms with Gasteiger partial charge in [-0.1, -0.05) is 184 Å². The van der Waals surface area contributed by atoms with E-state index in [0.29, 0.717) is 45.0 Å². The second-order valence-electron chi connectivity index (χ2n) is 25.4. The van der Waals surface area contributed by atoms with Gasteiger partial charge < -0.3 is 52.2 Å². The van der Waals surface area contributed by atoms with Crippen LogP contribution in [0.15, 0.2) is 103 Å². The van der Waals surface area contributed by atoms with Crippen LogP contribution < -0.4 is 10.5 Å². The lowest BCUT2D eigenvalue weighted by Gasteiger charge is -2.46. The van der Waals surface area contributed by atoms with Crippen molar-refractivity contribution in [1.29, 1.82) is 0 Å². The van der Waals surface area contributed by atoms with Crippen LogP contribution in [0.1, 0.15) is 114 Å². The first kappa shape index (κ1) is 84.4.